The van der Waals surface area contributed by atoms with Crippen LogP contribution in [0.1, 0.15) is 70.8 Å². The van der Waals surface area contributed by atoms with Crippen LogP contribution in [0.4, 0.5) is 0 Å². The summed E-state index contributed by atoms with van der Waals surface area (Å²) in [5.74, 6) is 1.63. The maximum atomic E-state index is 4.21. The monoisotopic (exact) mass is 251 g/mol. The van der Waals surface area contributed by atoms with Crippen molar-refractivity contribution in [3.63, 3.8) is 0 Å². The van der Waals surface area contributed by atoms with Gasteiger partial charge in [0.25, 0.3) is 0 Å². The van der Waals surface area contributed by atoms with E-state index in [9.17, 15) is 0 Å². The summed E-state index contributed by atoms with van der Waals surface area (Å²) in [6.07, 6.45) is 6.40. The van der Waals surface area contributed by atoms with E-state index in [0.717, 1.165) is 12.4 Å². The molecule has 0 aromatic carbocycles. The average Bonchev–Trinajstić information content (AvgIpc) is 2.86. The molecule has 0 radical (unpaired) electrons. The fraction of sp³-hybridized carbons (Fsp3) is 0.923. The number of tetrazole rings is 1. The van der Waals surface area contributed by atoms with E-state index in [0.29, 0.717) is 12.0 Å². The van der Waals surface area contributed by atoms with E-state index >= 15 is 0 Å². The average molecular weight is 251 g/mol. The van der Waals surface area contributed by atoms with Crippen LogP contribution in [-0.2, 0) is 0 Å². The van der Waals surface area contributed by atoms with Crippen LogP contribution in [0.25, 0.3) is 0 Å². The van der Waals surface area contributed by atoms with E-state index in [2.05, 4.69) is 46.3 Å². The van der Waals surface area contributed by atoms with Gasteiger partial charge in [-0.05, 0) is 42.7 Å². The lowest BCUT2D eigenvalue weighted by molar-refractivity contribution is 0.307. The number of nitrogens with zero attached hydrogens (tertiary/aromatic N) is 4. The molecule has 1 aliphatic carbocycles. The van der Waals surface area contributed by atoms with Gasteiger partial charge in [-0.15, -0.1) is 5.10 Å². The largest absolute Gasteiger partial charge is 0.307 e. The Bertz CT molecular complexity index is 354. The lowest BCUT2D eigenvalue weighted by atomic mass is 9.95. The fourth-order valence-electron chi connectivity index (χ4n) is 2.58. The van der Waals surface area contributed by atoms with Gasteiger partial charge in [0.05, 0.1) is 12.1 Å². The first-order valence-electron chi connectivity index (χ1n) is 7.19. The Balaban J connectivity index is 2.01. The Morgan fingerprint density at radius 3 is 2.61 bits per heavy atom. The van der Waals surface area contributed by atoms with Crippen molar-refractivity contribution >= 4 is 0 Å². The van der Waals surface area contributed by atoms with Crippen molar-refractivity contribution in [2.24, 2.45) is 5.92 Å². The van der Waals surface area contributed by atoms with Gasteiger partial charge in [-0.1, -0.05) is 33.1 Å². The van der Waals surface area contributed by atoms with Gasteiger partial charge in [-0.25, -0.2) is 4.68 Å². The van der Waals surface area contributed by atoms with E-state index in [-0.39, 0.29) is 6.04 Å². The van der Waals surface area contributed by atoms with Crippen molar-refractivity contribution in [2.45, 2.75) is 65.0 Å². The molecule has 1 aromatic rings. The second-order valence-electron chi connectivity index (χ2n) is 5.80. The zero-order valence-electron chi connectivity index (χ0n) is 11.8. The zero-order valence-corrected chi connectivity index (χ0v) is 11.8. The van der Waals surface area contributed by atoms with Gasteiger partial charge in [0.2, 0.25) is 0 Å². The van der Waals surface area contributed by atoms with E-state index in [4.69, 9.17) is 0 Å². The summed E-state index contributed by atoms with van der Waals surface area (Å²) >= 11 is 0. The SMILES string of the molecule is CC(C)CNC(C)c1nnnn1C1CCCCC1. The van der Waals surface area contributed by atoms with E-state index in [1.807, 2.05) is 0 Å². The van der Waals surface area contributed by atoms with Crippen LogP contribution in [0, 0.1) is 5.92 Å². The third kappa shape index (κ3) is 3.28. The van der Waals surface area contributed by atoms with Gasteiger partial charge in [0.1, 0.15) is 0 Å². The van der Waals surface area contributed by atoms with Crippen LogP contribution in [-0.4, -0.2) is 26.8 Å². The predicted octanol–water partition coefficient (Wildman–Crippen LogP) is 2.48. The van der Waals surface area contributed by atoms with Crippen molar-refractivity contribution in [1.29, 1.82) is 0 Å². The van der Waals surface area contributed by atoms with Crippen LogP contribution < -0.4 is 5.32 Å². The van der Waals surface area contributed by atoms with Crippen LogP contribution in [0.3, 0.4) is 0 Å². The molecule has 0 aliphatic heterocycles. The molecular weight excluding hydrogens is 226 g/mol. The summed E-state index contributed by atoms with van der Waals surface area (Å²) < 4.78 is 2.05. The summed E-state index contributed by atoms with van der Waals surface area (Å²) in [4.78, 5) is 0. The number of rotatable bonds is 5. The lowest BCUT2D eigenvalue weighted by Gasteiger charge is -2.24. The van der Waals surface area contributed by atoms with Gasteiger partial charge in [0.15, 0.2) is 5.82 Å². The minimum atomic E-state index is 0.226. The molecule has 5 nitrogen and oxygen atoms in total. The molecule has 1 fully saturated rings. The summed E-state index contributed by atoms with van der Waals surface area (Å²) in [5.41, 5.74) is 0. The zero-order chi connectivity index (χ0) is 13.0. The molecule has 1 aromatic heterocycles. The Morgan fingerprint density at radius 1 is 1.22 bits per heavy atom. The topological polar surface area (TPSA) is 55.6 Å². The maximum Gasteiger partial charge on any atom is 0.168 e. The summed E-state index contributed by atoms with van der Waals surface area (Å²) in [6.45, 7) is 7.57. The fourth-order valence-corrected chi connectivity index (χ4v) is 2.58. The molecule has 2 rings (SSSR count). The Kier molecular flexibility index (Phi) is 4.69. The van der Waals surface area contributed by atoms with Crippen molar-refractivity contribution < 1.29 is 0 Å². The minimum absolute atomic E-state index is 0.226. The molecule has 18 heavy (non-hydrogen) atoms. The molecule has 1 aliphatic rings. The lowest BCUT2D eigenvalue weighted by Crippen LogP contribution is -2.27. The highest BCUT2D eigenvalue weighted by molar-refractivity contribution is 4.92. The number of nitrogens with one attached hydrogen (secondary N) is 1. The normalized spacial score (nSPS) is 19.3. The van der Waals surface area contributed by atoms with Crippen molar-refractivity contribution in [3.8, 4) is 0 Å². The molecular formula is C13H25N5. The van der Waals surface area contributed by atoms with E-state index in [1.54, 1.807) is 0 Å². The summed E-state index contributed by atoms with van der Waals surface area (Å²) in [6, 6.07) is 0.733. The maximum absolute atomic E-state index is 4.21. The number of aromatic nitrogens is 4. The molecule has 0 saturated heterocycles. The van der Waals surface area contributed by atoms with Crippen LogP contribution in [0.2, 0.25) is 0 Å². The molecule has 1 N–H and O–H groups in total. The minimum Gasteiger partial charge on any atom is -0.307 e. The van der Waals surface area contributed by atoms with Crippen LogP contribution in [0.15, 0.2) is 0 Å². The first-order chi connectivity index (χ1) is 8.68. The second-order valence-corrected chi connectivity index (χ2v) is 5.80. The molecule has 1 saturated carbocycles. The molecule has 5 heteroatoms. The van der Waals surface area contributed by atoms with E-state index < -0.39 is 0 Å². The third-order valence-corrected chi connectivity index (χ3v) is 3.66. The Hall–Kier alpha value is -0.970. The first kappa shape index (κ1) is 13.5. The molecule has 0 amide bonds. The highest BCUT2D eigenvalue weighted by atomic mass is 15.6. The smallest absolute Gasteiger partial charge is 0.168 e. The standard InChI is InChI=1S/C13H25N5/c1-10(2)9-14-11(3)13-15-16-17-18(13)12-7-5-4-6-8-12/h10-12,14H,4-9H2,1-3H3. The Labute approximate surface area is 109 Å². The predicted molar refractivity (Wildman–Crippen MR) is 71.2 cm³/mol. The van der Waals surface area contributed by atoms with Gasteiger partial charge in [-0.2, -0.15) is 0 Å². The highest BCUT2D eigenvalue weighted by Crippen LogP contribution is 2.28. The molecule has 1 atom stereocenters. The molecule has 0 spiro atoms. The number of hydrogen-bond donors (Lipinski definition) is 1. The molecule has 102 valence electrons. The summed E-state index contributed by atoms with van der Waals surface area (Å²) in [5, 5.41) is 15.8. The van der Waals surface area contributed by atoms with Crippen LogP contribution in [0.5, 0.6) is 0 Å². The second kappa shape index (κ2) is 6.27. The molecule has 0 bridgehead atoms. The van der Waals surface area contributed by atoms with Crippen LogP contribution >= 0.6 is 0 Å². The van der Waals surface area contributed by atoms with Crippen molar-refractivity contribution in [2.75, 3.05) is 6.54 Å². The summed E-state index contributed by atoms with van der Waals surface area (Å²) in [7, 11) is 0. The first-order valence-corrected chi connectivity index (χ1v) is 7.19. The van der Waals surface area contributed by atoms with Crippen molar-refractivity contribution in [3.05, 3.63) is 5.82 Å². The van der Waals surface area contributed by atoms with Gasteiger partial charge < -0.3 is 5.32 Å². The quantitative estimate of drug-likeness (QED) is 0.873. The van der Waals surface area contributed by atoms with Gasteiger partial charge in [0, 0.05) is 0 Å². The van der Waals surface area contributed by atoms with E-state index in [1.165, 1.54) is 32.1 Å². The molecule has 1 unspecified atom stereocenters. The number of hydrogen-bond acceptors (Lipinski definition) is 4. The van der Waals surface area contributed by atoms with Crippen molar-refractivity contribution in [1.82, 2.24) is 25.5 Å². The van der Waals surface area contributed by atoms with Gasteiger partial charge in [-0.3, -0.25) is 0 Å². The van der Waals surface area contributed by atoms with Gasteiger partial charge >= 0.3 is 0 Å². The highest BCUT2D eigenvalue weighted by Gasteiger charge is 2.22. The Morgan fingerprint density at radius 2 is 1.94 bits per heavy atom. The molecule has 1 heterocycles. The third-order valence-electron chi connectivity index (χ3n) is 3.66.